The second-order valence-corrected chi connectivity index (χ2v) is 10.1. The maximum Gasteiger partial charge on any atom is 0.244 e. The highest BCUT2D eigenvalue weighted by molar-refractivity contribution is 7.89. The Bertz CT molecular complexity index is 1190. The molecule has 9 heteroatoms. The summed E-state index contributed by atoms with van der Waals surface area (Å²) in [5, 5.41) is 5.57. The summed E-state index contributed by atoms with van der Waals surface area (Å²) in [6.07, 6.45) is 0.0864. The van der Waals surface area contributed by atoms with Crippen LogP contribution in [0.4, 0.5) is 5.69 Å². The minimum atomic E-state index is -3.74. The number of sulfonamides is 1. The van der Waals surface area contributed by atoms with Gasteiger partial charge in [0, 0.05) is 29.7 Å². The quantitative estimate of drug-likeness (QED) is 0.496. The number of carbonyl (C=O) groups is 1. The first kappa shape index (κ1) is 23.4. The van der Waals surface area contributed by atoms with Crippen LogP contribution in [0.15, 0.2) is 52.7 Å². The maximum atomic E-state index is 12.8. The van der Waals surface area contributed by atoms with Gasteiger partial charge < -0.3 is 5.32 Å². The number of benzene rings is 2. The molecule has 1 amide bonds. The van der Waals surface area contributed by atoms with Gasteiger partial charge in [0.2, 0.25) is 15.9 Å². The fraction of sp³-hybridized carbons (Fsp3) is 0.273. The van der Waals surface area contributed by atoms with E-state index < -0.39 is 10.0 Å². The summed E-state index contributed by atoms with van der Waals surface area (Å²) in [5.74, 6) is -0.283. The van der Waals surface area contributed by atoms with Crippen LogP contribution in [-0.4, -0.2) is 36.7 Å². The highest BCUT2D eigenvalue weighted by Crippen LogP contribution is 2.28. The van der Waals surface area contributed by atoms with Gasteiger partial charge in [-0.1, -0.05) is 49.2 Å². The van der Waals surface area contributed by atoms with E-state index in [2.05, 4.69) is 10.3 Å². The topological polar surface area (TPSA) is 79.4 Å². The largest absolute Gasteiger partial charge is 0.326 e. The Balaban J connectivity index is 1.74. The molecular weight excluding hydrogens is 454 g/mol. The highest BCUT2D eigenvalue weighted by Gasteiger charge is 2.25. The van der Waals surface area contributed by atoms with Gasteiger partial charge in [0.15, 0.2) is 0 Å². The molecule has 0 spiro atoms. The Hall–Kier alpha value is -2.26. The van der Waals surface area contributed by atoms with E-state index in [0.717, 1.165) is 16.1 Å². The van der Waals surface area contributed by atoms with Crippen molar-refractivity contribution in [3.05, 3.63) is 64.1 Å². The smallest absolute Gasteiger partial charge is 0.244 e. The summed E-state index contributed by atoms with van der Waals surface area (Å²) in [5.41, 5.74) is 3.18. The van der Waals surface area contributed by atoms with Crippen LogP contribution in [0.2, 0.25) is 5.02 Å². The number of hydrogen-bond donors (Lipinski definition) is 1. The first-order valence-electron chi connectivity index (χ1n) is 9.85. The molecule has 0 saturated carbocycles. The number of aromatic nitrogens is 1. The molecule has 1 heterocycles. The predicted octanol–water partition coefficient (Wildman–Crippen LogP) is 4.98. The molecule has 0 atom stereocenters. The van der Waals surface area contributed by atoms with E-state index in [-0.39, 0.29) is 22.2 Å². The molecule has 3 rings (SSSR count). The number of hydrogen-bond acceptors (Lipinski definition) is 5. The minimum Gasteiger partial charge on any atom is -0.326 e. The molecule has 31 heavy (non-hydrogen) atoms. The van der Waals surface area contributed by atoms with Gasteiger partial charge in [-0.3, -0.25) is 4.79 Å². The van der Waals surface area contributed by atoms with Crippen molar-refractivity contribution in [3.63, 3.8) is 0 Å². The van der Waals surface area contributed by atoms with Gasteiger partial charge in [-0.05, 0) is 31.2 Å². The van der Waals surface area contributed by atoms with Gasteiger partial charge in [0.05, 0.1) is 17.1 Å². The Labute approximate surface area is 191 Å². The SMILES string of the molecule is CCN(CC)S(=O)(=O)c1cc(NC(=O)Cc2csc(-c3cccc(C)c3)n2)ccc1Cl. The lowest BCUT2D eigenvalue weighted by atomic mass is 10.1. The van der Waals surface area contributed by atoms with E-state index >= 15 is 0 Å². The van der Waals surface area contributed by atoms with Gasteiger partial charge in [0.25, 0.3) is 0 Å². The van der Waals surface area contributed by atoms with Crippen molar-refractivity contribution in [2.45, 2.75) is 32.1 Å². The zero-order valence-electron chi connectivity index (χ0n) is 17.6. The second-order valence-electron chi connectivity index (χ2n) is 6.97. The van der Waals surface area contributed by atoms with Crippen LogP contribution in [-0.2, 0) is 21.2 Å². The van der Waals surface area contributed by atoms with Crippen molar-refractivity contribution in [3.8, 4) is 10.6 Å². The van der Waals surface area contributed by atoms with Crippen LogP contribution in [0, 0.1) is 6.92 Å². The third-order valence-corrected chi connectivity index (χ3v) is 8.17. The van der Waals surface area contributed by atoms with E-state index in [4.69, 9.17) is 11.6 Å². The number of halogens is 1. The molecule has 164 valence electrons. The number of aryl methyl sites for hydroxylation is 1. The average molecular weight is 478 g/mol. The number of anilines is 1. The third kappa shape index (κ3) is 5.51. The van der Waals surface area contributed by atoms with Crippen molar-refractivity contribution >= 4 is 44.6 Å². The molecule has 0 aliphatic rings. The second kappa shape index (κ2) is 9.91. The number of nitrogens with zero attached hydrogens (tertiary/aromatic N) is 2. The van der Waals surface area contributed by atoms with Crippen molar-refractivity contribution < 1.29 is 13.2 Å². The van der Waals surface area contributed by atoms with Crippen LogP contribution in [0.5, 0.6) is 0 Å². The van der Waals surface area contributed by atoms with Crippen LogP contribution < -0.4 is 5.32 Å². The number of carbonyl (C=O) groups excluding carboxylic acids is 1. The summed E-state index contributed by atoms with van der Waals surface area (Å²) in [6, 6.07) is 12.5. The summed E-state index contributed by atoms with van der Waals surface area (Å²) in [6.45, 7) is 6.21. The van der Waals surface area contributed by atoms with E-state index in [1.54, 1.807) is 19.9 Å². The van der Waals surface area contributed by atoms with E-state index in [9.17, 15) is 13.2 Å². The third-order valence-electron chi connectivity index (χ3n) is 4.70. The van der Waals surface area contributed by atoms with Crippen molar-refractivity contribution in [1.29, 1.82) is 0 Å². The zero-order chi connectivity index (χ0) is 22.6. The number of nitrogens with one attached hydrogen (secondary N) is 1. The Morgan fingerprint density at radius 1 is 1.16 bits per heavy atom. The zero-order valence-corrected chi connectivity index (χ0v) is 19.9. The molecule has 1 aromatic heterocycles. The molecule has 2 aromatic carbocycles. The molecule has 6 nitrogen and oxygen atoms in total. The standard InChI is InChI=1S/C22H24ClN3O3S2/c1-4-26(5-2)31(28,29)20-12-17(9-10-19(20)23)24-21(27)13-18-14-30-22(25-18)16-8-6-7-15(3)11-16/h6-12,14H,4-5,13H2,1-3H3,(H,24,27). The molecule has 1 N–H and O–H groups in total. The molecule has 0 bridgehead atoms. The van der Waals surface area contributed by atoms with Gasteiger partial charge >= 0.3 is 0 Å². The van der Waals surface area contributed by atoms with E-state index in [1.165, 1.54) is 27.8 Å². The number of amides is 1. The number of thiazole rings is 1. The Morgan fingerprint density at radius 3 is 2.58 bits per heavy atom. The number of rotatable bonds is 8. The summed E-state index contributed by atoms with van der Waals surface area (Å²) in [7, 11) is -3.74. The van der Waals surface area contributed by atoms with E-state index in [0.29, 0.717) is 24.5 Å². The van der Waals surface area contributed by atoms with Crippen LogP contribution in [0.1, 0.15) is 25.1 Å². The van der Waals surface area contributed by atoms with Crippen molar-refractivity contribution in [2.75, 3.05) is 18.4 Å². The minimum absolute atomic E-state index is 0.0222. The van der Waals surface area contributed by atoms with Gasteiger partial charge in [-0.15, -0.1) is 11.3 Å². The van der Waals surface area contributed by atoms with Crippen molar-refractivity contribution in [1.82, 2.24) is 9.29 Å². The van der Waals surface area contributed by atoms with Crippen LogP contribution in [0.25, 0.3) is 10.6 Å². The van der Waals surface area contributed by atoms with Gasteiger partial charge in [0.1, 0.15) is 9.90 Å². The predicted molar refractivity (Wildman–Crippen MR) is 126 cm³/mol. The molecule has 0 fully saturated rings. The van der Waals surface area contributed by atoms with E-state index in [1.807, 2.05) is 36.6 Å². The Morgan fingerprint density at radius 2 is 1.90 bits per heavy atom. The fourth-order valence-electron chi connectivity index (χ4n) is 3.15. The Kier molecular flexibility index (Phi) is 7.48. The van der Waals surface area contributed by atoms with Crippen LogP contribution in [0.3, 0.4) is 0 Å². The van der Waals surface area contributed by atoms with Gasteiger partial charge in [-0.25, -0.2) is 13.4 Å². The summed E-state index contributed by atoms with van der Waals surface area (Å²) in [4.78, 5) is 17.1. The monoisotopic (exact) mass is 477 g/mol. The molecule has 0 aliphatic heterocycles. The molecular formula is C22H24ClN3O3S2. The molecule has 0 radical (unpaired) electrons. The lowest BCUT2D eigenvalue weighted by Crippen LogP contribution is -2.31. The molecule has 0 unspecified atom stereocenters. The first-order valence-corrected chi connectivity index (χ1v) is 12.5. The van der Waals surface area contributed by atoms with Crippen LogP contribution >= 0.6 is 22.9 Å². The fourth-order valence-corrected chi connectivity index (χ4v) is 5.93. The van der Waals surface area contributed by atoms with Gasteiger partial charge in [-0.2, -0.15) is 4.31 Å². The van der Waals surface area contributed by atoms with Crippen molar-refractivity contribution in [2.24, 2.45) is 0 Å². The normalized spacial score (nSPS) is 11.6. The average Bonchev–Trinajstić information content (AvgIpc) is 3.18. The molecule has 0 saturated heterocycles. The molecule has 0 aliphatic carbocycles. The molecule has 3 aromatic rings. The summed E-state index contributed by atoms with van der Waals surface area (Å²) >= 11 is 7.63. The maximum absolute atomic E-state index is 12.8. The summed E-state index contributed by atoms with van der Waals surface area (Å²) < 4.78 is 27.0. The lowest BCUT2D eigenvalue weighted by molar-refractivity contribution is -0.115. The highest BCUT2D eigenvalue weighted by atomic mass is 35.5. The first-order chi connectivity index (χ1) is 14.7. The lowest BCUT2D eigenvalue weighted by Gasteiger charge is -2.19.